The molecular weight excluding hydrogens is 344 g/mol. The maximum Gasteiger partial charge on any atom is 0.270 e. The average molecular weight is 362 g/mol. The van der Waals surface area contributed by atoms with E-state index in [1.807, 2.05) is 24.3 Å². The summed E-state index contributed by atoms with van der Waals surface area (Å²) in [5.74, 6) is 0. The van der Waals surface area contributed by atoms with Crippen LogP contribution in [0.3, 0.4) is 0 Å². The van der Waals surface area contributed by atoms with E-state index < -0.39 is 20.5 Å². The lowest BCUT2D eigenvalue weighted by atomic mass is 10.0. The molecule has 1 aliphatic rings. The first kappa shape index (κ1) is 17.5. The zero-order valence-corrected chi connectivity index (χ0v) is 14.4. The number of non-ortho nitro benzene ring substituents is 1. The second kappa shape index (κ2) is 6.21. The average Bonchev–Trinajstić information content (AvgIpc) is 2.90. The van der Waals surface area contributed by atoms with Gasteiger partial charge >= 0.3 is 0 Å². The zero-order valence-electron chi connectivity index (χ0n) is 13.6. The smallest absolute Gasteiger partial charge is 0.270 e. The predicted molar refractivity (Wildman–Crippen MR) is 91.8 cm³/mol. The fraction of sp³-hybridized carbons (Fsp3) is 0.294. The van der Waals surface area contributed by atoms with Crippen molar-refractivity contribution in [2.24, 2.45) is 0 Å². The molecule has 7 nitrogen and oxygen atoms in total. The number of nitrogens with one attached hydrogen (secondary N) is 1. The molecule has 2 aromatic carbocycles. The summed E-state index contributed by atoms with van der Waals surface area (Å²) in [7, 11) is -3.97. The third-order valence-electron chi connectivity index (χ3n) is 4.42. The van der Waals surface area contributed by atoms with Crippen LogP contribution in [0.4, 0.5) is 5.69 Å². The molecule has 2 aromatic rings. The fourth-order valence-corrected chi connectivity index (χ4v) is 4.48. The number of benzene rings is 2. The van der Waals surface area contributed by atoms with Crippen molar-refractivity contribution in [3.63, 3.8) is 0 Å². The van der Waals surface area contributed by atoms with Crippen LogP contribution in [-0.4, -0.2) is 30.6 Å². The Morgan fingerprint density at radius 2 is 1.80 bits per heavy atom. The van der Waals surface area contributed by atoms with Gasteiger partial charge in [-0.15, -0.1) is 0 Å². The summed E-state index contributed by atoms with van der Waals surface area (Å²) in [6.45, 7) is 1.41. The molecule has 0 amide bonds. The van der Waals surface area contributed by atoms with Gasteiger partial charge in [0.25, 0.3) is 5.69 Å². The van der Waals surface area contributed by atoms with E-state index >= 15 is 0 Å². The molecular formula is C17H18N2O5S. The van der Waals surface area contributed by atoms with E-state index in [4.69, 9.17) is 0 Å². The van der Waals surface area contributed by atoms with Crippen molar-refractivity contribution in [2.45, 2.75) is 30.3 Å². The van der Waals surface area contributed by atoms with Gasteiger partial charge in [-0.1, -0.05) is 30.3 Å². The number of nitro groups is 1. The summed E-state index contributed by atoms with van der Waals surface area (Å²) >= 11 is 0. The molecule has 0 atom stereocenters. The van der Waals surface area contributed by atoms with Crippen molar-refractivity contribution >= 4 is 15.7 Å². The quantitative estimate of drug-likeness (QED) is 0.622. The first-order valence-electron chi connectivity index (χ1n) is 7.74. The summed E-state index contributed by atoms with van der Waals surface area (Å²) in [4.78, 5) is 10.1. The number of aryl methyl sites for hydroxylation is 1. The van der Waals surface area contributed by atoms with Crippen molar-refractivity contribution in [2.75, 3.05) is 6.54 Å². The Morgan fingerprint density at radius 1 is 1.20 bits per heavy atom. The molecule has 0 saturated heterocycles. The molecule has 3 rings (SSSR count). The second-order valence-electron chi connectivity index (χ2n) is 6.38. The Bertz CT molecular complexity index is 915. The summed E-state index contributed by atoms with van der Waals surface area (Å²) < 4.78 is 27.5. The van der Waals surface area contributed by atoms with Crippen molar-refractivity contribution in [1.29, 1.82) is 0 Å². The first-order chi connectivity index (χ1) is 11.7. The standard InChI is InChI=1S/C17H18N2O5S/c1-12-6-7-15(19(21)22)8-16(12)25(23,24)18-11-17(20)9-13-4-2-3-5-14(13)10-17/h2-8,18,20H,9-11H2,1H3. The van der Waals surface area contributed by atoms with E-state index in [1.165, 1.54) is 12.1 Å². The van der Waals surface area contributed by atoms with E-state index in [0.717, 1.165) is 17.2 Å². The molecule has 0 spiro atoms. The summed E-state index contributed by atoms with van der Waals surface area (Å²) in [5.41, 5.74) is 0.898. The van der Waals surface area contributed by atoms with Crippen molar-refractivity contribution in [3.8, 4) is 0 Å². The van der Waals surface area contributed by atoms with Crippen LogP contribution in [0.25, 0.3) is 0 Å². The molecule has 25 heavy (non-hydrogen) atoms. The molecule has 0 aromatic heterocycles. The van der Waals surface area contributed by atoms with Gasteiger partial charge in [0.2, 0.25) is 10.0 Å². The number of sulfonamides is 1. The Morgan fingerprint density at radius 3 is 2.36 bits per heavy atom. The summed E-state index contributed by atoms with van der Waals surface area (Å²) in [5, 5.41) is 21.6. The van der Waals surface area contributed by atoms with Crippen LogP contribution in [-0.2, 0) is 22.9 Å². The summed E-state index contributed by atoms with van der Waals surface area (Å²) in [6, 6.07) is 11.3. The molecule has 0 bridgehead atoms. The number of fused-ring (bicyclic) bond motifs is 1. The number of rotatable bonds is 5. The minimum absolute atomic E-state index is 0.152. The Kier molecular flexibility index (Phi) is 4.36. The van der Waals surface area contributed by atoms with Gasteiger partial charge in [-0.2, -0.15) is 0 Å². The SMILES string of the molecule is Cc1ccc([N+](=O)[O-])cc1S(=O)(=O)NCC1(O)Cc2ccccc2C1. The Labute approximate surface area is 145 Å². The number of hydrogen-bond donors (Lipinski definition) is 2. The van der Waals surface area contributed by atoms with Crippen LogP contribution in [0, 0.1) is 17.0 Å². The van der Waals surface area contributed by atoms with Gasteiger partial charge in [-0.3, -0.25) is 10.1 Å². The molecule has 0 radical (unpaired) electrons. The number of hydrogen-bond acceptors (Lipinski definition) is 5. The lowest BCUT2D eigenvalue weighted by Gasteiger charge is -2.22. The van der Waals surface area contributed by atoms with Gasteiger partial charge in [-0.25, -0.2) is 13.1 Å². The minimum atomic E-state index is -3.97. The van der Waals surface area contributed by atoms with Crippen LogP contribution in [0.1, 0.15) is 16.7 Å². The molecule has 0 aliphatic heterocycles. The van der Waals surface area contributed by atoms with Crippen molar-refractivity contribution in [1.82, 2.24) is 4.72 Å². The number of nitrogens with zero attached hydrogens (tertiary/aromatic N) is 1. The molecule has 0 saturated carbocycles. The molecule has 0 heterocycles. The van der Waals surface area contributed by atoms with E-state index in [2.05, 4.69) is 4.72 Å². The van der Waals surface area contributed by atoms with Gasteiger partial charge in [-0.05, 0) is 23.6 Å². The van der Waals surface area contributed by atoms with Gasteiger partial charge in [0, 0.05) is 31.5 Å². The molecule has 1 aliphatic carbocycles. The van der Waals surface area contributed by atoms with E-state index in [-0.39, 0.29) is 17.1 Å². The highest BCUT2D eigenvalue weighted by atomic mass is 32.2. The highest BCUT2D eigenvalue weighted by Crippen LogP contribution is 2.30. The van der Waals surface area contributed by atoms with E-state index in [9.17, 15) is 23.6 Å². The van der Waals surface area contributed by atoms with E-state index in [0.29, 0.717) is 18.4 Å². The Hall–Kier alpha value is -2.29. The largest absolute Gasteiger partial charge is 0.388 e. The van der Waals surface area contributed by atoms with Crippen LogP contribution in [0.5, 0.6) is 0 Å². The summed E-state index contributed by atoms with van der Waals surface area (Å²) in [6.07, 6.45) is 0.721. The zero-order chi connectivity index (χ0) is 18.2. The van der Waals surface area contributed by atoms with E-state index in [1.54, 1.807) is 6.92 Å². The molecule has 8 heteroatoms. The van der Waals surface area contributed by atoms with Crippen LogP contribution < -0.4 is 4.72 Å². The highest BCUT2D eigenvalue weighted by molar-refractivity contribution is 7.89. The monoisotopic (exact) mass is 362 g/mol. The number of aliphatic hydroxyl groups is 1. The molecule has 0 unspecified atom stereocenters. The maximum atomic E-state index is 12.6. The second-order valence-corrected chi connectivity index (χ2v) is 8.11. The van der Waals surface area contributed by atoms with Crippen LogP contribution in [0.2, 0.25) is 0 Å². The van der Waals surface area contributed by atoms with Crippen molar-refractivity contribution in [3.05, 3.63) is 69.3 Å². The van der Waals surface area contributed by atoms with Gasteiger partial charge in [0.05, 0.1) is 15.4 Å². The minimum Gasteiger partial charge on any atom is -0.388 e. The fourth-order valence-electron chi connectivity index (χ4n) is 3.10. The third-order valence-corrected chi connectivity index (χ3v) is 5.96. The maximum absolute atomic E-state index is 12.6. The highest BCUT2D eigenvalue weighted by Gasteiger charge is 2.36. The third kappa shape index (κ3) is 3.55. The lowest BCUT2D eigenvalue weighted by molar-refractivity contribution is -0.385. The number of nitro benzene ring substituents is 1. The van der Waals surface area contributed by atoms with Crippen molar-refractivity contribution < 1.29 is 18.4 Å². The van der Waals surface area contributed by atoms with Gasteiger partial charge < -0.3 is 5.11 Å². The molecule has 132 valence electrons. The molecule has 0 fully saturated rings. The topological polar surface area (TPSA) is 110 Å². The molecule has 2 N–H and O–H groups in total. The normalized spacial score (nSPS) is 15.8. The first-order valence-corrected chi connectivity index (χ1v) is 9.22. The predicted octanol–water partition coefficient (Wildman–Crippen LogP) is 1.71. The van der Waals surface area contributed by atoms with Gasteiger partial charge in [0.15, 0.2) is 0 Å². The van der Waals surface area contributed by atoms with Crippen LogP contribution >= 0.6 is 0 Å². The van der Waals surface area contributed by atoms with Crippen LogP contribution in [0.15, 0.2) is 47.4 Å². The van der Waals surface area contributed by atoms with Gasteiger partial charge in [0.1, 0.15) is 0 Å². The lowest BCUT2D eigenvalue weighted by Crippen LogP contribution is -2.43. The Balaban J connectivity index is 1.79.